The van der Waals surface area contributed by atoms with Crippen molar-refractivity contribution >= 4 is 11.8 Å². The number of carbonyl (C=O) groups is 1. The van der Waals surface area contributed by atoms with Gasteiger partial charge in [-0.05, 0) is 38.1 Å². The molecule has 116 valence electrons. The lowest BCUT2D eigenvalue weighted by atomic mass is 10.3. The molecule has 0 unspecified atom stereocenters. The molecular weight excluding hydrogens is 289 g/mol. The fourth-order valence-electron chi connectivity index (χ4n) is 1.72. The summed E-state index contributed by atoms with van der Waals surface area (Å²) in [6, 6.07) is 6.96. The van der Waals surface area contributed by atoms with Crippen LogP contribution in [0.2, 0.25) is 0 Å². The minimum Gasteiger partial charge on any atom is -0.486 e. The van der Waals surface area contributed by atoms with Crippen LogP contribution in [0.1, 0.15) is 30.2 Å². The number of nitrogens with one attached hydrogen (secondary N) is 1. The second-order valence-electron chi connectivity index (χ2n) is 4.90. The van der Waals surface area contributed by atoms with Gasteiger partial charge in [0.05, 0.1) is 0 Å². The maximum absolute atomic E-state index is 12.8. The number of halogens is 1. The van der Waals surface area contributed by atoms with Crippen LogP contribution in [0.3, 0.4) is 0 Å². The Kier molecular flexibility index (Phi) is 4.88. The first-order valence-electron chi connectivity index (χ1n) is 6.70. The van der Waals surface area contributed by atoms with Crippen LogP contribution < -0.4 is 10.1 Å². The Labute approximate surface area is 127 Å². The highest BCUT2D eigenvalue weighted by Crippen LogP contribution is 2.14. The first-order chi connectivity index (χ1) is 10.4. The zero-order valence-electron chi connectivity index (χ0n) is 12.2. The molecule has 0 saturated heterocycles. The third-order valence-corrected chi connectivity index (χ3v) is 2.61. The molecule has 22 heavy (non-hydrogen) atoms. The molecule has 0 radical (unpaired) electrons. The summed E-state index contributed by atoms with van der Waals surface area (Å²) in [7, 11) is 0. The molecule has 0 aliphatic carbocycles. The number of nitrogens with zero attached hydrogens (tertiary/aromatic N) is 2. The van der Waals surface area contributed by atoms with Gasteiger partial charge in [-0.25, -0.2) is 19.2 Å². The zero-order chi connectivity index (χ0) is 16.1. The van der Waals surface area contributed by atoms with Crippen LogP contribution in [0.5, 0.6) is 5.75 Å². The van der Waals surface area contributed by atoms with E-state index < -0.39 is 5.97 Å². The largest absolute Gasteiger partial charge is 0.486 e. The van der Waals surface area contributed by atoms with Crippen molar-refractivity contribution in [3.8, 4) is 5.75 Å². The summed E-state index contributed by atoms with van der Waals surface area (Å²) < 4.78 is 18.2. The molecular formula is C15H16FN3O3. The van der Waals surface area contributed by atoms with Crippen molar-refractivity contribution in [2.24, 2.45) is 0 Å². The van der Waals surface area contributed by atoms with E-state index in [0.29, 0.717) is 11.6 Å². The number of hydrogen-bond acceptors (Lipinski definition) is 5. The first kappa shape index (κ1) is 15.7. The monoisotopic (exact) mass is 305 g/mol. The number of carboxylic acids is 1. The minimum absolute atomic E-state index is 0.0144. The average Bonchev–Trinajstić information content (AvgIpc) is 2.45. The molecule has 6 nitrogen and oxygen atoms in total. The third kappa shape index (κ3) is 4.41. The van der Waals surface area contributed by atoms with Crippen molar-refractivity contribution < 1.29 is 19.0 Å². The van der Waals surface area contributed by atoms with Gasteiger partial charge >= 0.3 is 5.97 Å². The fourth-order valence-corrected chi connectivity index (χ4v) is 1.72. The highest BCUT2D eigenvalue weighted by atomic mass is 19.1. The van der Waals surface area contributed by atoms with Crippen molar-refractivity contribution in [1.29, 1.82) is 0 Å². The summed E-state index contributed by atoms with van der Waals surface area (Å²) >= 11 is 0. The maximum Gasteiger partial charge on any atom is 0.354 e. The van der Waals surface area contributed by atoms with Crippen molar-refractivity contribution in [3.63, 3.8) is 0 Å². The number of rotatable bonds is 6. The Morgan fingerprint density at radius 2 is 2.00 bits per heavy atom. The predicted molar refractivity (Wildman–Crippen MR) is 78.5 cm³/mol. The summed E-state index contributed by atoms with van der Waals surface area (Å²) in [5.74, 6) is -0.409. The van der Waals surface area contributed by atoms with E-state index in [2.05, 4.69) is 15.3 Å². The van der Waals surface area contributed by atoms with Crippen molar-refractivity contribution in [2.45, 2.75) is 26.5 Å². The minimum atomic E-state index is -1.14. The molecule has 7 heteroatoms. The quantitative estimate of drug-likeness (QED) is 0.853. The Hall–Kier alpha value is -2.70. The molecule has 0 spiro atoms. The molecule has 0 aliphatic rings. The van der Waals surface area contributed by atoms with Crippen molar-refractivity contribution in [2.75, 3.05) is 5.32 Å². The maximum atomic E-state index is 12.8. The van der Waals surface area contributed by atoms with E-state index in [0.717, 1.165) is 0 Å². The summed E-state index contributed by atoms with van der Waals surface area (Å²) in [5, 5.41) is 12.1. The number of hydrogen-bond donors (Lipinski definition) is 2. The van der Waals surface area contributed by atoms with Gasteiger partial charge in [0.15, 0.2) is 11.5 Å². The van der Waals surface area contributed by atoms with Gasteiger partial charge in [-0.15, -0.1) is 0 Å². The molecule has 2 aromatic rings. The molecule has 1 heterocycles. The fraction of sp³-hybridized carbons (Fsp3) is 0.267. The molecule has 1 aromatic heterocycles. The topological polar surface area (TPSA) is 84.3 Å². The molecule has 0 fully saturated rings. The Morgan fingerprint density at radius 1 is 1.32 bits per heavy atom. The number of anilines is 1. The molecule has 1 aromatic carbocycles. The number of carboxylic acid groups (broad SMARTS) is 1. The summed E-state index contributed by atoms with van der Waals surface area (Å²) in [6.45, 7) is 3.81. The van der Waals surface area contributed by atoms with Gasteiger partial charge in [0.25, 0.3) is 0 Å². The van der Waals surface area contributed by atoms with E-state index in [1.54, 1.807) is 0 Å². The van der Waals surface area contributed by atoms with E-state index in [4.69, 9.17) is 9.84 Å². The van der Waals surface area contributed by atoms with Crippen LogP contribution >= 0.6 is 0 Å². The highest BCUT2D eigenvalue weighted by molar-refractivity contribution is 5.86. The van der Waals surface area contributed by atoms with Crippen LogP contribution in [0.25, 0.3) is 0 Å². The first-order valence-corrected chi connectivity index (χ1v) is 6.70. The number of ether oxygens (including phenoxy) is 1. The normalized spacial score (nSPS) is 10.5. The second kappa shape index (κ2) is 6.84. The van der Waals surface area contributed by atoms with Crippen LogP contribution in [-0.2, 0) is 6.61 Å². The van der Waals surface area contributed by atoms with Gasteiger partial charge in [0, 0.05) is 12.1 Å². The van der Waals surface area contributed by atoms with Crippen molar-refractivity contribution in [3.05, 3.63) is 47.7 Å². The SMILES string of the molecule is CC(C)Nc1cc(C(=O)O)nc(COc2ccc(F)cc2)n1. The summed E-state index contributed by atoms with van der Waals surface area (Å²) in [6.07, 6.45) is 0. The van der Waals surface area contributed by atoms with E-state index in [1.807, 2.05) is 13.8 Å². The molecule has 0 aliphatic heterocycles. The van der Waals surface area contributed by atoms with Gasteiger partial charge in [-0.3, -0.25) is 0 Å². The van der Waals surface area contributed by atoms with Crippen LogP contribution in [0.4, 0.5) is 10.2 Å². The van der Waals surface area contributed by atoms with Crippen LogP contribution in [0, 0.1) is 5.82 Å². The van der Waals surface area contributed by atoms with Gasteiger partial charge < -0.3 is 15.2 Å². The number of aromatic carboxylic acids is 1. The Morgan fingerprint density at radius 3 is 2.59 bits per heavy atom. The molecule has 2 rings (SSSR count). The highest BCUT2D eigenvalue weighted by Gasteiger charge is 2.11. The smallest absolute Gasteiger partial charge is 0.354 e. The molecule has 0 bridgehead atoms. The lowest BCUT2D eigenvalue weighted by Crippen LogP contribution is -2.15. The van der Waals surface area contributed by atoms with Crippen LogP contribution in [-0.4, -0.2) is 27.1 Å². The number of aromatic nitrogens is 2. The lowest BCUT2D eigenvalue weighted by Gasteiger charge is -2.11. The van der Waals surface area contributed by atoms with Crippen LogP contribution in [0.15, 0.2) is 30.3 Å². The third-order valence-electron chi connectivity index (χ3n) is 2.61. The average molecular weight is 305 g/mol. The second-order valence-corrected chi connectivity index (χ2v) is 4.90. The number of benzene rings is 1. The molecule has 0 amide bonds. The Bertz CT molecular complexity index is 660. The predicted octanol–water partition coefficient (Wildman–Crippen LogP) is 2.71. The Balaban J connectivity index is 2.16. The standard InChI is InChI=1S/C15H16FN3O3/c1-9(2)17-13-7-12(15(20)21)18-14(19-13)8-22-11-5-3-10(16)4-6-11/h3-7,9H,8H2,1-2H3,(H,20,21)(H,17,18,19). The molecule has 2 N–H and O–H groups in total. The zero-order valence-corrected chi connectivity index (χ0v) is 12.2. The molecule has 0 atom stereocenters. The van der Waals surface area contributed by atoms with Gasteiger partial charge in [-0.2, -0.15) is 0 Å². The van der Waals surface area contributed by atoms with Gasteiger partial charge in [0.2, 0.25) is 0 Å². The van der Waals surface area contributed by atoms with Gasteiger partial charge in [0.1, 0.15) is 24.0 Å². The van der Waals surface area contributed by atoms with Crippen molar-refractivity contribution in [1.82, 2.24) is 9.97 Å². The van der Waals surface area contributed by atoms with Gasteiger partial charge in [-0.1, -0.05) is 0 Å². The van der Waals surface area contributed by atoms with E-state index in [9.17, 15) is 9.18 Å². The summed E-state index contributed by atoms with van der Waals surface area (Å²) in [5.41, 5.74) is -0.115. The van der Waals surface area contributed by atoms with E-state index in [1.165, 1.54) is 30.3 Å². The van der Waals surface area contributed by atoms with E-state index in [-0.39, 0.29) is 30.0 Å². The molecule has 0 saturated carbocycles. The van der Waals surface area contributed by atoms with E-state index >= 15 is 0 Å². The lowest BCUT2D eigenvalue weighted by molar-refractivity contribution is 0.0689. The summed E-state index contributed by atoms with van der Waals surface area (Å²) in [4.78, 5) is 19.2.